The van der Waals surface area contributed by atoms with Crippen LogP contribution in [0.4, 0.5) is 0 Å². The molecule has 1 N–H and O–H groups in total. The normalized spacial score (nSPS) is 9.53. The maximum absolute atomic E-state index is 6.03. The average molecular weight is 249 g/mol. The van der Waals surface area contributed by atoms with Gasteiger partial charge in [0.05, 0.1) is 11.6 Å². The Labute approximate surface area is 102 Å². The number of rotatable bonds is 5. The Balaban J connectivity index is 0.00000196. The Morgan fingerprint density at radius 3 is 2.60 bits per heavy atom. The minimum atomic E-state index is 0. The molecule has 0 bridgehead atoms. The Morgan fingerprint density at radius 2 is 2.07 bits per heavy atom. The van der Waals surface area contributed by atoms with Gasteiger partial charge in [-0.25, -0.2) is 0 Å². The van der Waals surface area contributed by atoms with Crippen LogP contribution in [0.5, 0.6) is 5.75 Å². The number of nitrogens with one attached hydrogen (secondary N) is 1. The number of hydrogen-bond donors (Lipinski definition) is 1. The fourth-order valence-electron chi connectivity index (χ4n) is 1.20. The quantitative estimate of drug-likeness (QED) is 0.783. The molecule has 0 saturated carbocycles. The summed E-state index contributed by atoms with van der Waals surface area (Å²) >= 11 is 6.03. The van der Waals surface area contributed by atoms with Gasteiger partial charge in [-0.3, -0.25) is 0 Å². The molecule has 2 nitrogen and oxygen atoms in total. The van der Waals surface area contributed by atoms with Gasteiger partial charge in [0.15, 0.2) is 0 Å². The second-order valence-electron chi connectivity index (χ2n) is 2.98. The maximum Gasteiger partial charge on any atom is 0.137 e. The molecule has 86 valence electrons. The molecule has 0 heterocycles. The standard InChI is InChI=1S/C11H16ClNO.ClH/c1-3-13-8-9-5-6-11(14-4-2)10(12)7-9;/h5-7,13H,3-4,8H2,1-2H3;1H/p-1. The predicted molar refractivity (Wildman–Crippen MR) is 60.0 cm³/mol. The van der Waals surface area contributed by atoms with E-state index in [1.165, 1.54) is 5.56 Å². The van der Waals surface area contributed by atoms with Gasteiger partial charge in [-0.05, 0) is 31.2 Å². The van der Waals surface area contributed by atoms with E-state index >= 15 is 0 Å². The van der Waals surface area contributed by atoms with Crippen molar-refractivity contribution >= 4 is 11.6 Å². The summed E-state index contributed by atoms with van der Waals surface area (Å²) in [6.07, 6.45) is 0. The Hall–Kier alpha value is -0.440. The smallest absolute Gasteiger partial charge is 0.137 e. The van der Waals surface area contributed by atoms with Crippen molar-refractivity contribution in [3.05, 3.63) is 28.8 Å². The summed E-state index contributed by atoms with van der Waals surface area (Å²) in [6.45, 7) is 6.48. The van der Waals surface area contributed by atoms with Crippen LogP contribution in [0.2, 0.25) is 5.02 Å². The van der Waals surface area contributed by atoms with Gasteiger partial charge >= 0.3 is 0 Å². The van der Waals surface area contributed by atoms with Crippen LogP contribution in [0.25, 0.3) is 0 Å². The zero-order chi connectivity index (χ0) is 10.4. The molecule has 0 atom stereocenters. The van der Waals surface area contributed by atoms with E-state index in [-0.39, 0.29) is 12.4 Å². The lowest BCUT2D eigenvalue weighted by Gasteiger charge is -2.07. The molecule has 0 saturated heterocycles. The highest BCUT2D eigenvalue weighted by Gasteiger charge is 2.01. The van der Waals surface area contributed by atoms with E-state index < -0.39 is 0 Å². The van der Waals surface area contributed by atoms with Crippen LogP contribution in [-0.4, -0.2) is 13.2 Å². The lowest BCUT2D eigenvalue weighted by Crippen LogP contribution is -3.00. The highest BCUT2D eigenvalue weighted by atomic mass is 35.5. The fourth-order valence-corrected chi connectivity index (χ4v) is 1.45. The van der Waals surface area contributed by atoms with Crippen molar-refractivity contribution < 1.29 is 17.1 Å². The largest absolute Gasteiger partial charge is 1.00 e. The van der Waals surface area contributed by atoms with E-state index in [1.807, 2.05) is 25.1 Å². The monoisotopic (exact) mass is 248 g/mol. The van der Waals surface area contributed by atoms with Crippen molar-refractivity contribution in [2.75, 3.05) is 13.2 Å². The van der Waals surface area contributed by atoms with Gasteiger partial charge in [0, 0.05) is 6.54 Å². The van der Waals surface area contributed by atoms with Crippen molar-refractivity contribution in [2.45, 2.75) is 20.4 Å². The molecule has 0 aliphatic rings. The first-order chi connectivity index (χ1) is 6.77. The van der Waals surface area contributed by atoms with Gasteiger partial charge in [0.1, 0.15) is 5.75 Å². The van der Waals surface area contributed by atoms with Crippen LogP contribution >= 0.6 is 11.6 Å². The highest BCUT2D eigenvalue weighted by Crippen LogP contribution is 2.25. The lowest BCUT2D eigenvalue weighted by molar-refractivity contribution is -0.00000346. The third-order valence-corrected chi connectivity index (χ3v) is 2.17. The zero-order valence-corrected chi connectivity index (χ0v) is 10.5. The molecule has 1 aromatic carbocycles. The molecule has 1 aromatic rings. The lowest BCUT2D eigenvalue weighted by atomic mass is 10.2. The van der Waals surface area contributed by atoms with Crippen LogP contribution in [0, 0.1) is 0 Å². The molecule has 0 radical (unpaired) electrons. The first kappa shape index (κ1) is 14.6. The number of benzene rings is 1. The van der Waals surface area contributed by atoms with Crippen molar-refractivity contribution in [1.82, 2.24) is 5.32 Å². The SMILES string of the molecule is CCNCc1ccc(OCC)c(Cl)c1.[Cl-]. The van der Waals surface area contributed by atoms with Gasteiger partial charge in [0.2, 0.25) is 0 Å². The molecule has 1 rings (SSSR count). The zero-order valence-electron chi connectivity index (χ0n) is 9.02. The van der Waals surface area contributed by atoms with Gasteiger partial charge in [-0.15, -0.1) is 0 Å². The van der Waals surface area contributed by atoms with Crippen LogP contribution < -0.4 is 22.5 Å². The topological polar surface area (TPSA) is 21.3 Å². The molecule has 4 heteroatoms. The maximum atomic E-state index is 6.03. The summed E-state index contributed by atoms with van der Waals surface area (Å²) < 4.78 is 5.34. The van der Waals surface area contributed by atoms with Crippen molar-refractivity contribution in [2.24, 2.45) is 0 Å². The van der Waals surface area contributed by atoms with Crippen LogP contribution in [0.3, 0.4) is 0 Å². The van der Waals surface area contributed by atoms with Crippen molar-refractivity contribution in [3.8, 4) is 5.75 Å². The van der Waals surface area contributed by atoms with E-state index in [0.29, 0.717) is 11.6 Å². The second-order valence-corrected chi connectivity index (χ2v) is 3.39. The summed E-state index contributed by atoms with van der Waals surface area (Å²) in [5.74, 6) is 0.759. The summed E-state index contributed by atoms with van der Waals surface area (Å²) in [4.78, 5) is 0. The van der Waals surface area contributed by atoms with Gasteiger partial charge in [-0.2, -0.15) is 0 Å². The molecular formula is C11H16Cl2NO-. The Bertz CT molecular complexity index is 292. The van der Waals surface area contributed by atoms with E-state index in [4.69, 9.17) is 16.3 Å². The first-order valence-electron chi connectivity index (χ1n) is 4.89. The molecule has 0 aliphatic heterocycles. The van der Waals surface area contributed by atoms with Crippen molar-refractivity contribution in [1.29, 1.82) is 0 Å². The molecular weight excluding hydrogens is 233 g/mol. The summed E-state index contributed by atoms with van der Waals surface area (Å²) in [6, 6.07) is 5.88. The summed E-state index contributed by atoms with van der Waals surface area (Å²) in [7, 11) is 0. The van der Waals surface area contributed by atoms with Gasteiger partial charge < -0.3 is 22.5 Å². The molecule has 0 aromatic heterocycles. The number of ether oxygens (including phenoxy) is 1. The molecule has 0 spiro atoms. The number of halogens is 2. The van der Waals surface area contributed by atoms with Crippen LogP contribution in [-0.2, 0) is 6.54 Å². The fraction of sp³-hybridized carbons (Fsp3) is 0.455. The highest BCUT2D eigenvalue weighted by molar-refractivity contribution is 6.32. The molecule has 0 amide bonds. The van der Waals surface area contributed by atoms with E-state index in [1.54, 1.807) is 0 Å². The third-order valence-electron chi connectivity index (χ3n) is 1.88. The summed E-state index contributed by atoms with van der Waals surface area (Å²) in [5.41, 5.74) is 1.18. The first-order valence-corrected chi connectivity index (χ1v) is 5.27. The van der Waals surface area contributed by atoms with Gasteiger partial charge in [-0.1, -0.05) is 24.6 Å². The van der Waals surface area contributed by atoms with Crippen LogP contribution in [0.15, 0.2) is 18.2 Å². The molecule has 15 heavy (non-hydrogen) atoms. The minimum absolute atomic E-state index is 0. The molecule has 0 unspecified atom stereocenters. The third kappa shape index (κ3) is 4.74. The minimum Gasteiger partial charge on any atom is -1.00 e. The van der Waals surface area contributed by atoms with Crippen molar-refractivity contribution in [3.63, 3.8) is 0 Å². The van der Waals surface area contributed by atoms with E-state index in [2.05, 4.69) is 12.2 Å². The Kier molecular flexibility index (Phi) is 7.57. The Morgan fingerprint density at radius 1 is 1.33 bits per heavy atom. The van der Waals surface area contributed by atoms with Gasteiger partial charge in [0.25, 0.3) is 0 Å². The van der Waals surface area contributed by atoms with E-state index in [9.17, 15) is 0 Å². The van der Waals surface area contributed by atoms with Crippen LogP contribution in [0.1, 0.15) is 19.4 Å². The van der Waals surface area contributed by atoms with E-state index in [0.717, 1.165) is 18.8 Å². The molecule has 0 aliphatic carbocycles. The predicted octanol–water partition coefficient (Wildman–Crippen LogP) is -0.148. The number of hydrogen-bond acceptors (Lipinski definition) is 2. The average Bonchev–Trinajstić information content (AvgIpc) is 2.19. The molecule has 0 fully saturated rings. The summed E-state index contributed by atoms with van der Waals surface area (Å²) in [5, 5.41) is 3.93. The second kappa shape index (κ2) is 7.80.